The highest BCUT2D eigenvalue weighted by Crippen LogP contribution is 2.23. The lowest BCUT2D eigenvalue weighted by atomic mass is 10.2. The van der Waals surface area contributed by atoms with Gasteiger partial charge in [-0.05, 0) is 43.7 Å². The van der Waals surface area contributed by atoms with Crippen LogP contribution in [-0.4, -0.2) is 22.4 Å². The predicted molar refractivity (Wildman–Crippen MR) is 100 cm³/mol. The first kappa shape index (κ1) is 17.5. The van der Waals surface area contributed by atoms with E-state index in [1.807, 2.05) is 36.9 Å². The number of hydrogen-bond donors (Lipinski definition) is 1. The standard InChI is InChI=1S/C20H19FN4O/c1-3-25(15-8-6-7-14(2)11-15)19-13-22-18(12-23-19)20(26)24-17-10-5-4-9-16(17)21/h4-13H,3H2,1-2H3,(H,24,26). The molecule has 0 bridgehead atoms. The Morgan fingerprint density at radius 2 is 1.92 bits per heavy atom. The summed E-state index contributed by atoms with van der Waals surface area (Å²) in [7, 11) is 0. The highest BCUT2D eigenvalue weighted by molar-refractivity contribution is 6.02. The number of rotatable bonds is 5. The van der Waals surface area contributed by atoms with E-state index in [9.17, 15) is 9.18 Å². The lowest BCUT2D eigenvalue weighted by molar-refractivity contribution is 0.102. The maximum atomic E-state index is 13.6. The fourth-order valence-corrected chi connectivity index (χ4v) is 2.60. The van der Waals surface area contributed by atoms with Gasteiger partial charge in [-0.15, -0.1) is 0 Å². The van der Waals surface area contributed by atoms with E-state index in [2.05, 4.69) is 21.4 Å². The summed E-state index contributed by atoms with van der Waals surface area (Å²) < 4.78 is 13.6. The van der Waals surface area contributed by atoms with Crippen molar-refractivity contribution in [2.45, 2.75) is 13.8 Å². The van der Waals surface area contributed by atoms with E-state index in [0.717, 1.165) is 11.3 Å². The number of nitrogens with one attached hydrogen (secondary N) is 1. The summed E-state index contributed by atoms with van der Waals surface area (Å²) in [6, 6.07) is 14.0. The molecule has 0 unspecified atom stereocenters. The van der Waals surface area contributed by atoms with Crippen molar-refractivity contribution in [2.24, 2.45) is 0 Å². The highest BCUT2D eigenvalue weighted by atomic mass is 19.1. The molecular weight excluding hydrogens is 331 g/mol. The third-order valence-electron chi connectivity index (χ3n) is 3.90. The Labute approximate surface area is 151 Å². The minimum Gasteiger partial charge on any atom is -0.325 e. The smallest absolute Gasteiger partial charge is 0.275 e. The van der Waals surface area contributed by atoms with E-state index < -0.39 is 11.7 Å². The SMILES string of the molecule is CCN(c1cccc(C)c1)c1cnc(C(=O)Nc2ccccc2F)cn1. The Hall–Kier alpha value is -3.28. The monoisotopic (exact) mass is 350 g/mol. The maximum absolute atomic E-state index is 13.6. The number of nitrogens with zero attached hydrogens (tertiary/aromatic N) is 3. The number of anilines is 3. The molecule has 2 aromatic carbocycles. The van der Waals surface area contributed by atoms with Crippen molar-refractivity contribution in [3.63, 3.8) is 0 Å². The van der Waals surface area contributed by atoms with Crippen molar-refractivity contribution < 1.29 is 9.18 Å². The van der Waals surface area contributed by atoms with Crippen LogP contribution in [0.3, 0.4) is 0 Å². The molecule has 0 spiro atoms. The summed E-state index contributed by atoms with van der Waals surface area (Å²) in [4.78, 5) is 22.8. The van der Waals surface area contributed by atoms with Gasteiger partial charge in [0, 0.05) is 12.2 Å². The molecule has 1 amide bonds. The fraction of sp³-hybridized carbons (Fsp3) is 0.150. The molecule has 0 saturated carbocycles. The van der Waals surface area contributed by atoms with Crippen molar-refractivity contribution in [1.29, 1.82) is 0 Å². The van der Waals surface area contributed by atoms with Gasteiger partial charge in [0.15, 0.2) is 5.82 Å². The van der Waals surface area contributed by atoms with Gasteiger partial charge in [-0.1, -0.05) is 24.3 Å². The number of aromatic nitrogens is 2. The van der Waals surface area contributed by atoms with Gasteiger partial charge in [0.25, 0.3) is 5.91 Å². The molecule has 0 radical (unpaired) electrons. The second kappa shape index (κ2) is 7.74. The molecule has 0 saturated heterocycles. The first-order chi connectivity index (χ1) is 12.6. The van der Waals surface area contributed by atoms with Crippen molar-refractivity contribution in [3.8, 4) is 0 Å². The molecule has 3 rings (SSSR count). The molecule has 0 aliphatic heterocycles. The van der Waals surface area contributed by atoms with E-state index in [-0.39, 0.29) is 11.4 Å². The predicted octanol–water partition coefficient (Wildman–Crippen LogP) is 4.33. The number of benzene rings is 2. The van der Waals surface area contributed by atoms with Crippen LogP contribution in [0.1, 0.15) is 23.0 Å². The summed E-state index contributed by atoms with van der Waals surface area (Å²) in [5.41, 5.74) is 2.38. The molecule has 132 valence electrons. The molecule has 1 aromatic heterocycles. The minimum atomic E-state index is -0.507. The lowest BCUT2D eigenvalue weighted by Gasteiger charge is -2.22. The zero-order valence-electron chi connectivity index (χ0n) is 14.6. The summed E-state index contributed by atoms with van der Waals surface area (Å²) in [5.74, 6) is -0.365. The van der Waals surface area contributed by atoms with Gasteiger partial charge in [-0.25, -0.2) is 14.4 Å². The van der Waals surface area contributed by atoms with Gasteiger partial charge in [-0.3, -0.25) is 4.79 Å². The van der Waals surface area contributed by atoms with Crippen LogP contribution in [0.4, 0.5) is 21.6 Å². The van der Waals surface area contributed by atoms with Crippen molar-refractivity contribution in [1.82, 2.24) is 9.97 Å². The van der Waals surface area contributed by atoms with E-state index in [1.54, 1.807) is 18.3 Å². The number of carbonyl (C=O) groups excluding carboxylic acids is 1. The number of aryl methyl sites for hydroxylation is 1. The van der Waals surface area contributed by atoms with E-state index in [4.69, 9.17) is 0 Å². The van der Waals surface area contributed by atoms with Crippen LogP contribution in [0, 0.1) is 12.7 Å². The Morgan fingerprint density at radius 3 is 2.58 bits per heavy atom. The van der Waals surface area contributed by atoms with Gasteiger partial charge in [0.1, 0.15) is 11.5 Å². The number of halogens is 1. The Balaban J connectivity index is 1.79. The number of para-hydroxylation sites is 1. The quantitative estimate of drug-likeness (QED) is 0.744. The molecule has 1 N–H and O–H groups in total. The summed E-state index contributed by atoms with van der Waals surface area (Å²) >= 11 is 0. The van der Waals surface area contributed by atoms with E-state index in [1.165, 1.54) is 18.3 Å². The topological polar surface area (TPSA) is 58.1 Å². The molecule has 3 aromatic rings. The molecule has 0 atom stereocenters. The molecular formula is C20H19FN4O. The van der Waals surface area contributed by atoms with Gasteiger partial charge in [0.05, 0.1) is 18.1 Å². The molecule has 1 heterocycles. The minimum absolute atomic E-state index is 0.110. The van der Waals surface area contributed by atoms with E-state index >= 15 is 0 Å². The van der Waals surface area contributed by atoms with Crippen molar-refractivity contribution in [3.05, 3.63) is 78.0 Å². The van der Waals surface area contributed by atoms with Gasteiger partial charge < -0.3 is 10.2 Å². The second-order valence-corrected chi connectivity index (χ2v) is 5.78. The largest absolute Gasteiger partial charge is 0.325 e. The lowest BCUT2D eigenvalue weighted by Crippen LogP contribution is -2.19. The zero-order chi connectivity index (χ0) is 18.5. The second-order valence-electron chi connectivity index (χ2n) is 5.78. The van der Waals surface area contributed by atoms with Crippen LogP contribution < -0.4 is 10.2 Å². The normalized spacial score (nSPS) is 10.4. The summed E-state index contributed by atoms with van der Waals surface area (Å²) in [6.45, 7) is 4.75. The number of amides is 1. The fourth-order valence-electron chi connectivity index (χ4n) is 2.60. The maximum Gasteiger partial charge on any atom is 0.275 e. The van der Waals surface area contributed by atoms with Crippen LogP contribution in [0.2, 0.25) is 0 Å². The molecule has 6 heteroatoms. The third kappa shape index (κ3) is 3.85. The molecule has 0 fully saturated rings. The third-order valence-corrected chi connectivity index (χ3v) is 3.90. The van der Waals surface area contributed by atoms with Crippen molar-refractivity contribution >= 4 is 23.1 Å². The number of carbonyl (C=O) groups is 1. The average molecular weight is 350 g/mol. The van der Waals surface area contributed by atoms with Crippen LogP contribution in [-0.2, 0) is 0 Å². The molecule has 5 nitrogen and oxygen atoms in total. The molecule has 26 heavy (non-hydrogen) atoms. The van der Waals surface area contributed by atoms with Crippen LogP contribution in [0.15, 0.2) is 60.9 Å². The van der Waals surface area contributed by atoms with Gasteiger partial charge in [0.2, 0.25) is 0 Å². The summed E-state index contributed by atoms with van der Waals surface area (Å²) in [5, 5.41) is 2.50. The molecule has 0 aliphatic rings. The van der Waals surface area contributed by atoms with E-state index in [0.29, 0.717) is 12.4 Å². The summed E-state index contributed by atoms with van der Waals surface area (Å²) in [6.07, 6.45) is 2.94. The zero-order valence-corrected chi connectivity index (χ0v) is 14.6. The average Bonchev–Trinajstić information content (AvgIpc) is 2.65. The van der Waals surface area contributed by atoms with Gasteiger partial charge >= 0.3 is 0 Å². The first-order valence-electron chi connectivity index (χ1n) is 8.30. The first-order valence-corrected chi connectivity index (χ1v) is 8.30. The Bertz CT molecular complexity index is 912. The van der Waals surface area contributed by atoms with Crippen LogP contribution in [0.25, 0.3) is 0 Å². The van der Waals surface area contributed by atoms with Crippen molar-refractivity contribution in [2.75, 3.05) is 16.8 Å². The Kier molecular flexibility index (Phi) is 5.22. The number of hydrogen-bond acceptors (Lipinski definition) is 4. The van der Waals surface area contributed by atoms with Crippen LogP contribution in [0.5, 0.6) is 0 Å². The molecule has 0 aliphatic carbocycles. The van der Waals surface area contributed by atoms with Gasteiger partial charge in [-0.2, -0.15) is 0 Å². The Morgan fingerprint density at radius 1 is 1.12 bits per heavy atom. The highest BCUT2D eigenvalue weighted by Gasteiger charge is 2.13. The van der Waals surface area contributed by atoms with Crippen LogP contribution >= 0.6 is 0 Å².